The van der Waals surface area contributed by atoms with Crippen LogP contribution in [-0.2, 0) is 6.18 Å². The summed E-state index contributed by atoms with van der Waals surface area (Å²) in [7, 11) is 0. The number of nitrogens with zero attached hydrogens (tertiary/aromatic N) is 4. The van der Waals surface area contributed by atoms with Gasteiger partial charge in [-0.2, -0.15) is 17.9 Å². The third-order valence-corrected chi connectivity index (χ3v) is 2.57. The maximum absolute atomic E-state index is 12.7. The fourth-order valence-electron chi connectivity index (χ4n) is 1.56. The minimum atomic E-state index is -4.60. The van der Waals surface area contributed by atoms with E-state index in [1.54, 1.807) is 12.1 Å². The SMILES string of the molecule is CCCCOc1ccc(-n2nnnc2C(F)(F)F)cc1. The highest BCUT2D eigenvalue weighted by molar-refractivity contribution is 5.37. The highest BCUT2D eigenvalue weighted by Gasteiger charge is 2.38. The maximum atomic E-state index is 12.7. The molecule has 0 aliphatic heterocycles. The molecule has 0 spiro atoms. The Balaban J connectivity index is 2.16. The number of ether oxygens (including phenoxy) is 1. The lowest BCUT2D eigenvalue weighted by Crippen LogP contribution is -2.14. The van der Waals surface area contributed by atoms with E-state index in [0.29, 0.717) is 17.0 Å². The van der Waals surface area contributed by atoms with Crippen LogP contribution in [0.1, 0.15) is 25.6 Å². The summed E-state index contributed by atoms with van der Waals surface area (Å²) >= 11 is 0. The first kappa shape index (κ1) is 14.3. The molecule has 8 heteroatoms. The Bertz CT molecular complexity index is 551. The summed E-state index contributed by atoms with van der Waals surface area (Å²) in [6, 6.07) is 6.14. The van der Waals surface area contributed by atoms with Gasteiger partial charge in [0.15, 0.2) is 0 Å². The largest absolute Gasteiger partial charge is 0.494 e. The van der Waals surface area contributed by atoms with Crippen molar-refractivity contribution in [3.05, 3.63) is 30.1 Å². The summed E-state index contributed by atoms with van der Waals surface area (Å²) in [5.41, 5.74) is 0.227. The second-order valence-electron chi connectivity index (χ2n) is 4.11. The van der Waals surface area contributed by atoms with Crippen molar-refractivity contribution in [3.8, 4) is 11.4 Å². The molecule has 1 aromatic carbocycles. The van der Waals surface area contributed by atoms with Crippen LogP contribution >= 0.6 is 0 Å². The molecule has 0 bridgehead atoms. The molecule has 20 heavy (non-hydrogen) atoms. The van der Waals surface area contributed by atoms with Gasteiger partial charge in [-0.15, -0.1) is 5.10 Å². The van der Waals surface area contributed by atoms with E-state index in [1.165, 1.54) is 12.1 Å². The van der Waals surface area contributed by atoms with E-state index in [0.717, 1.165) is 12.8 Å². The average Bonchev–Trinajstić information content (AvgIpc) is 2.89. The van der Waals surface area contributed by atoms with Gasteiger partial charge in [0.05, 0.1) is 12.3 Å². The molecule has 0 aliphatic rings. The Morgan fingerprint density at radius 2 is 1.90 bits per heavy atom. The van der Waals surface area contributed by atoms with Crippen LogP contribution in [0, 0.1) is 0 Å². The van der Waals surface area contributed by atoms with Crippen LogP contribution in [0.5, 0.6) is 5.75 Å². The molecule has 0 aliphatic carbocycles. The van der Waals surface area contributed by atoms with E-state index in [9.17, 15) is 13.2 Å². The molecule has 1 heterocycles. The van der Waals surface area contributed by atoms with E-state index in [1.807, 2.05) is 6.92 Å². The van der Waals surface area contributed by atoms with Crippen molar-refractivity contribution in [1.29, 1.82) is 0 Å². The Morgan fingerprint density at radius 3 is 2.50 bits per heavy atom. The molecule has 0 N–H and O–H groups in total. The first-order chi connectivity index (χ1) is 9.52. The minimum Gasteiger partial charge on any atom is -0.494 e. The van der Waals surface area contributed by atoms with E-state index < -0.39 is 12.0 Å². The van der Waals surface area contributed by atoms with Gasteiger partial charge >= 0.3 is 6.18 Å². The topological polar surface area (TPSA) is 52.8 Å². The highest BCUT2D eigenvalue weighted by atomic mass is 19.4. The average molecular weight is 286 g/mol. The molecule has 0 saturated heterocycles. The minimum absolute atomic E-state index is 0.227. The lowest BCUT2D eigenvalue weighted by molar-refractivity contribution is -0.146. The van der Waals surface area contributed by atoms with Gasteiger partial charge in [-0.05, 0) is 41.1 Å². The Labute approximate surface area is 113 Å². The monoisotopic (exact) mass is 286 g/mol. The van der Waals surface area contributed by atoms with Crippen LogP contribution in [0.3, 0.4) is 0 Å². The highest BCUT2D eigenvalue weighted by Crippen LogP contribution is 2.28. The molecule has 0 atom stereocenters. The number of unbranched alkanes of at least 4 members (excludes halogenated alkanes) is 1. The van der Waals surface area contributed by atoms with Crippen molar-refractivity contribution in [2.24, 2.45) is 0 Å². The van der Waals surface area contributed by atoms with Gasteiger partial charge in [-0.25, -0.2) is 0 Å². The number of tetrazole rings is 1. The van der Waals surface area contributed by atoms with Crippen LogP contribution in [0.4, 0.5) is 13.2 Å². The molecule has 108 valence electrons. The van der Waals surface area contributed by atoms with Gasteiger partial charge in [0, 0.05) is 0 Å². The zero-order valence-corrected chi connectivity index (χ0v) is 10.8. The maximum Gasteiger partial charge on any atom is 0.453 e. The van der Waals surface area contributed by atoms with Crippen molar-refractivity contribution in [3.63, 3.8) is 0 Å². The molecule has 2 aromatic rings. The van der Waals surface area contributed by atoms with Gasteiger partial charge in [0.2, 0.25) is 0 Å². The number of alkyl halides is 3. The number of hydrogen-bond acceptors (Lipinski definition) is 4. The first-order valence-corrected chi connectivity index (χ1v) is 6.11. The van der Waals surface area contributed by atoms with E-state index in [-0.39, 0.29) is 5.69 Å². The Morgan fingerprint density at radius 1 is 1.20 bits per heavy atom. The van der Waals surface area contributed by atoms with Crippen molar-refractivity contribution in [1.82, 2.24) is 20.2 Å². The van der Waals surface area contributed by atoms with Crippen molar-refractivity contribution >= 4 is 0 Å². The van der Waals surface area contributed by atoms with Gasteiger partial charge in [0.1, 0.15) is 5.75 Å². The number of aromatic nitrogens is 4. The van der Waals surface area contributed by atoms with Gasteiger partial charge in [0.25, 0.3) is 5.82 Å². The summed E-state index contributed by atoms with van der Waals surface area (Å²) < 4.78 is 44.1. The standard InChI is InChI=1S/C12H13F3N4O/c1-2-3-8-20-10-6-4-9(5-7-10)19-11(12(13,14)15)16-17-18-19/h4-7H,2-3,8H2,1H3. The van der Waals surface area contributed by atoms with Crippen LogP contribution in [-0.4, -0.2) is 26.8 Å². The fourth-order valence-corrected chi connectivity index (χ4v) is 1.56. The predicted molar refractivity (Wildman–Crippen MR) is 64.6 cm³/mol. The molecule has 2 rings (SSSR count). The summed E-state index contributed by atoms with van der Waals surface area (Å²) in [4.78, 5) is 0. The lowest BCUT2D eigenvalue weighted by Gasteiger charge is -2.08. The number of rotatable bonds is 5. The third-order valence-electron chi connectivity index (χ3n) is 2.57. The second-order valence-corrected chi connectivity index (χ2v) is 4.11. The second kappa shape index (κ2) is 5.89. The molecule has 5 nitrogen and oxygen atoms in total. The van der Waals surface area contributed by atoms with Gasteiger partial charge in [-0.3, -0.25) is 0 Å². The molecular weight excluding hydrogens is 273 g/mol. The van der Waals surface area contributed by atoms with Crippen LogP contribution < -0.4 is 4.74 Å². The summed E-state index contributed by atoms with van der Waals surface area (Å²) in [6.07, 6.45) is -2.66. The van der Waals surface area contributed by atoms with Crippen LogP contribution in [0.25, 0.3) is 5.69 Å². The predicted octanol–water partition coefficient (Wildman–Crippen LogP) is 2.86. The number of hydrogen-bond donors (Lipinski definition) is 0. The zero-order valence-electron chi connectivity index (χ0n) is 10.8. The van der Waals surface area contributed by atoms with Gasteiger partial charge in [-0.1, -0.05) is 13.3 Å². The van der Waals surface area contributed by atoms with Crippen molar-refractivity contribution in [2.75, 3.05) is 6.61 Å². The first-order valence-electron chi connectivity index (χ1n) is 6.11. The van der Waals surface area contributed by atoms with Crippen molar-refractivity contribution in [2.45, 2.75) is 25.9 Å². The molecule has 0 fully saturated rings. The van der Waals surface area contributed by atoms with E-state index >= 15 is 0 Å². The molecule has 0 amide bonds. The fraction of sp³-hybridized carbons (Fsp3) is 0.417. The van der Waals surface area contributed by atoms with Crippen LogP contribution in [0.15, 0.2) is 24.3 Å². The quantitative estimate of drug-likeness (QED) is 0.793. The third kappa shape index (κ3) is 3.25. The van der Waals surface area contributed by atoms with Gasteiger partial charge < -0.3 is 4.74 Å². The summed E-state index contributed by atoms with van der Waals surface area (Å²) in [5, 5.41) is 9.41. The van der Waals surface area contributed by atoms with Crippen molar-refractivity contribution < 1.29 is 17.9 Å². The van der Waals surface area contributed by atoms with E-state index in [2.05, 4.69) is 15.5 Å². The Hall–Kier alpha value is -2.12. The molecule has 0 unspecified atom stereocenters. The van der Waals surface area contributed by atoms with E-state index in [4.69, 9.17) is 4.74 Å². The summed E-state index contributed by atoms with van der Waals surface area (Å²) in [5.74, 6) is -0.555. The lowest BCUT2D eigenvalue weighted by atomic mass is 10.3. The normalized spacial score (nSPS) is 11.6. The molecule has 0 radical (unpaired) electrons. The Kier molecular flexibility index (Phi) is 4.21. The van der Waals surface area contributed by atoms with Crippen LogP contribution in [0.2, 0.25) is 0 Å². The molecule has 0 saturated carbocycles. The number of benzene rings is 1. The molecular formula is C12H13F3N4O. The number of halogens is 3. The smallest absolute Gasteiger partial charge is 0.453 e. The molecule has 1 aromatic heterocycles. The zero-order chi connectivity index (χ0) is 14.6. The summed E-state index contributed by atoms with van der Waals surface area (Å²) in [6.45, 7) is 2.62.